The number of carbonyl (C=O) groups excluding carboxylic acids is 2. The first-order chi connectivity index (χ1) is 10.6. The molecule has 1 N–H and O–H groups in total. The maximum Gasteiger partial charge on any atom is 0.393 e. The number of amides is 1. The van der Waals surface area contributed by atoms with E-state index in [-0.39, 0.29) is 18.4 Å². The molecule has 5 nitrogen and oxygen atoms in total. The SMILES string of the molecule is Cc1nn(C)c(C)c1C(=O)C(=O)N[C@@H]1CCCC[C@@H]1C(F)(F)F. The van der Waals surface area contributed by atoms with Crippen molar-refractivity contribution < 1.29 is 22.8 Å². The molecule has 1 aromatic heterocycles. The average molecular weight is 331 g/mol. The lowest BCUT2D eigenvalue weighted by Gasteiger charge is -2.33. The smallest absolute Gasteiger partial charge is 0.346 e. The first-order valence-electron chi connectivity index (χ1n) is 7.55. The normalized spacial score (nSPS) is 22.0. The van der Waals surface area contributed by atoms with Gasteiger partial charge in [0.05, 0.1) is 17.2 Å². The Morgan fingerprint density at radius 1 is 1.22 bits per heavy atom. The predicted molar refractivity (Wildman–Crippen MR) is 77.0 cm³/mol. The largest absolute Gasteiger partial charge is 0.393 e. The molecular weight excluding hydrogens is 311 g/mol. The third kappa shape index (κ3) is 3.56. The molecule has 2 atom stereocenters. The molecule has 1 fully saturated rings. The first-order valence-corrected chi connectivity index (χ1v) is 7.55. The number of nitrogens with zero attached hydrogens (tertiary/aromatic N) is 2. The first kappa shape index (κ1) is 17.5. The van der Waals surface area contributed by atoms with Gasteiger partial charge < -0.3 is 5.32 Å². The number of rotatable bonds is 3. The zero-order valence-electron chi connectivity index (χ0n) is 13.3. The summed E-state index contributed by atoms with van der Waals surface area (Å²) in [5.41, 5.74) is 1.06. The molecule has 0 radical (unpaired) electrons. The zero-order chi connectivity index (χ0) is 17.4. The van der Waals surface area contributed by atoms with Crippen LogP contribution in [0.2, 0.25) is 0 Å². The Bertz CT molecular complexity index is 622. The average Bonchev–Trinajstić information content (AvgIpc) is 2.71. The van der Waals surface area contributed by atoms with Gasteiger partial charge in [-0.05, 0) is 26.7 Å². The van der Waals surface area contributed by atoms with E-state index in [1.54, 1.807) is 20.9 Å². The predicted octanol–water partition coefficient (Wildman–Crippen LogP) is 2.46. The summed E-state index contributed by atoms with van der Waals surface area (Å²) in [6.07, 6.45) is -3.08. The molecular formula is C15H20F3N3O2. The fraction of sp³-hybridized carbons (Fsp3) is 0.667. The summed E-state index contributed by atoms with van der Waals surface area (Å²) < 4.78 is 40.6. The second-order valence-electron chi connectivity index (χ2n) is 6.01. The molecule has 23 heavy (non-hydrogen) atoms. The molecule has 0 saturated heterocycles. The Morgan fingerprint density at radius 2 is 1.83 bits per heavy atom. The van der Waals surface area contributed by atoms with Crippen LogP contribution in [-0.2, 0) is 11.8 Å². The molecule has 0 aliphatic heterocycles. The molecule has 2 rings (SSSR count). The van der Waals surface area contributed by atoms with E-state index in [1.807, 2.05) is 0 Å². The lowest BCUT2D eigenvalue weighted by atomic mass is 9.84. The van der Waals surface area contributed by atoms with Crippen molar-refractivity contribution in [1.29, 1.82) is 0 Å². The number of alkyl halides is 3. The molecule has 0 unspecified atom stereocenters. The highest BCUT2D eigenvalue weighted by molar-refractivity contribution is 6.43. The summed E-state index contributed by atoms with van der Waals surface area (Å²) in [5.74, 6) is -3.42. The zero-order valence-corrected chi connectivity index (χ0v) is 13.3. The summed E-state index contributed by atoms with van der Waals surface area (Å²) in [4.78, 5) is 24.4. The second kappa shape index (κ2) is 6.33. The maximum atomic E-state index is 13.0. The van der Waals surface area contributed by atoms with Crippen LogP contribution in [0.4, 0.5) is 13.2 Å². The Kier molecular flexibility index (Phi) is 4.81. The van der Waals surface area contributed by atoms with Crippen molar-refractivity contribution in [1.82, 2.24) is 15.1 Å². The maximum absolute atomic E-state index is 13.0. The van der Waals surface area contributed by atoms with Gasteiger partial charge in [-0.1, -0.05) is 12.8 Å². The van der Waals surface area contributed by atoms with Crippen LogP contribution in [0.3, 0.4) is 0 Å². The fourth-order valence-electron chi connectivity index (χ4n) is 3.15. The van der Waals surface area contributed by atoms with E-state index in [0.29, 0.717) is 24.2 Å². The van der Waals surface area contributed by atoms with E-state index < -0.39 is 29.8 Å². The number of hydrogen-bond acceptors (Lipinski definition) is 3. The van der Waals surface area contributed by atoms with Crippen LogP contribution < -0.4 is 5.32 Å². The highest BCUT2D eigenvalue weighted by Crippen LogP contribution is 2.37. The highest BCUT2D eigenvalue weighted by Gasteiger charge is 2.46. The number of aromatic nitrogens is 2. The van der Waals surface area contributed by atoms with Crippen molar-refractivity contribution in [2.45, 2.75) is 51.7 Å². The van der Waals surface area contributed by atoms with E-state index >= 15 is 0 Å². The van der Waals surface area contributed by atoms with Crippen molar-refractivity contribution >= 4 is 11.7 Å². The van der Waals surface area contributed by atoms with E-state index in [9.17, 15) is 22.8 Å². The molecule has 8 heteroatoms. The number of carbonyl (C=O) groups is 2. The van der Waals surface area contributed by atoms with Crippen molar-refractivity contribution in [2.24, 2.45) is 13.0 Å². The van der Waals surface area contributed by atoms with Gasteiger partial charge in [-0.3, -0.25) is 14.3 Å². The lowest BCUT2D eigenvalue weighted by Crippen LogP contribution is -2.49. The van der Waals surface area contributed by atoms with Gasteiger partial charge in [-0.25, -0.2) is 0 Å². The minimum absolute atomic E-state index is 0.0203. The van der Waals surface area contributed by atoms with Crippen LogP contribution in [-0.4, -0.2) is 33.7 Å². The molecule has 1 heterocycles. The Hall–Kier alpha value is -1.86. The van der Waals surface area contributed by atoms with Crippen LogP contribution in [0.15, 0.2) is 0 Å². The number of ketones is 1. The third-order valence-electron chi connectivity index (χ3n) is 4.45. The summed E-state index contributed by atoms with van der Waals surface area (Å²) in [5, 5.41) is 6.34. The number of Topliss-reactive ketones (excluding diaryl/α,β-unsaturated/α-hetero) is 1. The summed E-state index contributed by atoms with van der Waals surface area (Å²) >= 11 is 0. The second-order valence-corrected chi connectivity index (χ2v) is 6.01. The highest BCUT2D eigenvalue weighted by atomic mass is 19.4. The Morgan fingerprint density at radius 3 is 2.35 bits per heavy atom. The van der Waals surface area contributed by atoms with Gasteiger partial charge >= 0.3 is 6.18 Å². The fourth-order valence-corrected chi connectivity index (χ4v) is 3.15. The Labute approximate surface area is 132 Å². The van der Waals surface area contributed by atoms with E-state index in [4.69, 9.17) is 0 Å². The van der Waals surface area contributed by atoms with Crippen LogP contribution in [0.25, 0.3) is 0 Å². The van der Waals surface area contributed by atoms with Gasteiger partial charge in [0.15, 0.2) is 0 Å². The van der Waals surface area contributed by atoms with Crippen LogP contribution in [0, 0.1) is 19.8 Å². The number of nitrogens with one attached hydrogen (secondary N) is 1. The van der Waals surface area contributed by atoms with Crippen molar-refractivity contribution in [3.8, 4) is 0 Å². The van der Waals surface area contributed by atoms with Crippen molar-refractivity contribution in [3.63, 3.8) is 0 Å². The van der Waals surface area contributed by atoms with Gasteiger partial charge in [0, 0.05) is 18.8 Å². The summed E-state index contributed by atoms with van der Waals surface area (Å²) in [6, 6.07) is -1.04. The van der Waals surface area contributed by atoms with Gasteiger partial charge in [-0.2, -0.15) is 18.3 Å². The quantitative estimate of drug-likeness (QED) is 0.683. The molecule has 1 aromatic rings. The van der Waals surface area contributed by atoms with Crippen molar-refractivity contribution in [3.05, 3.63) is 17.0 Å². The molecule has 0 aromatic carbocycles. The number of aryl methyl sites for hydroxylation is 2. The number of halogens is 3. The minimum atomic E-state index is -4.37. The van der Waals surface area contributed by atoms with Gasteiger partial charge in [0.25, 0.3) is 11.7 Å². The number of hydrogen-bond donors (Lipinski definition) is 1. The molecule has 1 aliphatic rings. The van der Waals surface area contributed by atoms with Gasteiger partial charge in [-0.15, -0.1) is 0 Å². The van der Waals surface area contributed by atoms with E-state index in [0.717, 1.165) is 0 Å². The summed E-state index contributed by atoms with van der Waals surface area (Å²) in [7, 11) is 1.64. The molecule has 128 valence electrons. The van der Waals surface area contributed by atoms with Crippen molar-refractivity contribution in [2.75, 3.05) is 0 Å². The van der Waals surface area contributed by atoms with Gasteiger partial charge in [0.1, 0.15) is 0 Å². The molecule has 0 spiro atoms. The molecule has 0 bridgehead atoms. The Balaban J connectivity index is 2.15. The topological polar surface area (TPSA) is 64.0 Å². The van der Waals surface area contributed by atoms with Crippen LogP contribution in [0.5, 0.6) is 0 Å². The van der Waals surface area contributed by atoms with E-state index in [2.05, 4.69) is 10.4 Å². The lowest BCUT2D eigenvalue weighted by molar-refractivity contribution is -0.189. The monoisotopic (exact) mass is 331 g/mol. The van der Waals surface area contributed by atoms with Crippen LogP contribution >= 0.6 is 0 Å². The van der Waals surface area contributed by atoms with E-state index in [1.165, 1.54) is 4.68 Å². The molecule has 1 amide bonds. The standard InChI is InChI=1S/C15H20F3N3O2/c1-8-12(9(2)21(3)20-8)13(22)14(23)19-11-7-5-4-6-10(11)15(16,17)18/h10-11H,4-7H2,1-3H3,(H,19,23)/t10-,11+/m0/s1. The van der Waals surface area contributed by atoms with Gasteiger partial charge in [0.2, 0.25) is 0 Å². The molecule has 1 aliphatic carbocycles. The molecule has 1 saturated carbocycles. The minimum Gasteiger partial charge on any atom is -0.346 e. The van der Waals surface area contributed by atoms with Crippen LogP contribution in [0.1, 0.15) is 47.4 Å². The summed E-state index contributed by atoms with van der Waals surface area (Å²) in [6.45, 7) is 3.23. The third-order valence-corrected chi connectivity index (χ3v) is 4.45.